The van der Waals surface area contributed by atoms with Crippen LogP contribution in [0.2, 0.25) is 5.02 Å². The third-order valence-corrected chi connectivity index (χ3v) is 6.32. The van der Waals surface area contributed by atoms with E-state index in [1.165, 1.54) is 29.4 Å². The molecule has 15 heteroatoms. The molecule has 2 aromatic rings. The normalized spacial score (nSPS) is 21.3. The van der Waals surface area contributed by atoms with Crippen molar-refractivity contribution in [3.05, 3.63) is 58.3 Å². The summed E-state index contributed by atoms with van der Waals surface area (Å²) in [6.45, 7) is 0.245. The highest BCUT2D eigenvalue weighted by atomic mass is 35.5. The van der Waals surface area contributed by atoms with Crippen molar-refractivity contribution in [2.45, 2.75) is 25.3 Å². The van der Waals surface area contributed by atoms with Crippen LogP contribution in [0, 0.1) is 11.7 Å². The molecule has 0 amide bonds. The second-order valence-electron chi connectivity index (χ2n) is 9.08. The average Bonchev–Trinajstić information content (AvgIpc) is 3.38. The monoisotopic (exact) mass is 570 g/mol. The van der Waals surface area contributed by atoms with Gasteiger partial charge in [-0.15, -0.1) is 4.80 Å². The lowest BCUT2D eigenvalue weighted by Crippen LogP contribution is -2.51. The summed E-state index contributed by atoms with van der Waals surface area (Å²) in [4.78, 5) is 31.1. The predicted octanol–water partition coefficient (Wildman–Crippen LogP) is 2.49. The van der Waals surface area contributed by atoms with Crippen molar-refractivity contribution in [3.8, 4) is 0 Å². The molecule has 0 saturated carbocycles. The van der Waals surface area contributed by atoms with E-state index in [1.807, 2.05) is 0 Å². The standard InChI is InChI=1S/C24H26ClF3N6O5/c1-2-39-22(37)20-18(10-33-9-14(8-24(27,28)13-33)11-38-12-19(35)36)31-23(34-29-5-6-30-34)32-21(20)16-4-3-15(26)7-17(16)25/h3-7,14,21H,2,8-13H2,1H3,(H,31,32)(H,35,36)/t14?,21-/m0/s1. The molecule has 0 radical (unpaired) electrons. The van der Waals surface area contributed by atoms with Gasteiger partial charge in [-0.25, -0.2) is 27.8 Å². The molecular formula is C24H26ClF3N6O5. The van der Waals surface area contributed by atoms with Gasteiger partial charge < -0.3 is 19.9 Å². The number of likely N-dealkylation sites (tertiary alicyclic amines) is 1. The van der Waals surface area contributed by atoms with Gasteiger partial charge in [0, 0.05) is 41.7 Å². The number of hydrogen-bond donors (Lipinski definition) is 2. The van der Waals surface area contributed by atoms with Crippen LogP contribution in [0.15, 0.2) is 46.9 Å². The maximum absolute atomic E-state index is 14.7. The van der Waals surface area contributed by atoms with Crippen LogP contribution in [0.5, 0.6) is 0 Å². The number of hydrogen-bond acceptors (Lipinski definition) is 9. The molecule has 2 aliphatic heterocycles. The Bertz CT molecular complexity index is 1270. The number of carboxylic acids is 1. The Morgan fingerprint density at radius 2 is 2.03 bits per heavy atom. The Labute approximate surface area is 226 Å². The molecule has 3 heterocycles. The van der Waals surface area contributed by atoms with Gasteiger partial charge in [0.25, 0.3) is 5.92 Å². The molecule has 4 rings (SSSR count). The summed E-state index contributed by atoms with van der Waals surface area (Å²) in [5.74, 6) is -6.22. The fourth-order valence-corrected chi connectivity index (χ4v) is 4.88. The molecule has 1 aromatic carbocycles. The number of halogens is 4. The Balaban J connectivity index is 1.72. The van der Waals surface area contributed by atoms with Crippen LogP contribution in [-0.4, -0.2) is 88.3 Å². The molecule has 2 atom stereocenters. The van der Waals surface area contributed by atoms with Crippen molar-refractivity contribution in [3.63, 3.8) is 0 Å². The van der Waals surface area contributed by atoms with Gasteiger partial charge in [0.05, 0.1) is 37.7 Å². The van der Waals surface area contributed by atoms with Gasteiger partial charge in [0.2, 0.25) is 5.96 Å². The molecule has 1 aromatic heterocycles. The van der Waals surface area contributed by atoms with Crippen LogP contribution >= 0.6 is 11.6 Å². The molecule has 0 aliphatic carbocycles. The van der Waals surface area contributed by atoms with Crippen molar-refractivity contribution < 1.29 is 37.3 Å². The Kier molecular flexibility index (Phi) is 8.87. The second kappa shape index (κ2) is 12.1. The van der Waals surface area contributed by atoms with Crippen molar-refractivity contribution in [2.75, 3.05) is 39.5 Å². The first-order chi connectivity index (χ1) is 18.6. The summed E-state index contributed by atoms with van der Waals surface area (Å²) >= 11 is 6.34. The Morgan fingerprint density at radius 3 is 2.69 bits per heavy atom. The zero-order valence-corrected chi connectivity index (χ0v) is 21.6. The van der Waals surface area contributed by atoms with Crippen LogP contribution < -0.4 is 5.32 Å². The number of rotatable bonds is 9. The average molecular weight is 571 g/mol. The van der Waals surface area contributed by atoms with E-state index in [4.69, 9.17) is 26.2 Å². The van der Waals surface area contributed by atoms with Crippen LogP contribution in [0.4, 0.5) is 13.2 Å². The minimum Gasteiger partial charge on any atom is -0.480 e. The number of aromatic nitrogens is 3. The molecule has 1 saturated heterocycles. The van der Waals surface area contributed by atoms with E-state index in [-0.39, 0.29) is 54.1 Å². The van der Waals surface area contributed by atoms with Crippen molar-refractivity contribution in [1.82, 2.24) is 25.2 Å². The first kappa shape index (κ1) is 28.5. The van der Waals surface area contributed by atoms with Gasteiger partial charge in [-0.1, -0.05) is 17.7 Å². The Morgan fingerprint density at radius 1 is 1.28 bits per heavy atom. The van der Waals surface area contributed by atoms with E-state index in [0.717, 1.165) is 10.9 Å². The van der Waals surface area contributed by atoms with Crippen LogP contribution in [-0.2, 0) is 19.1 Å². The maximum Gasteiger partial charge on any atom is 0.338 e. The topological polar surface area (TPSA) is 131 Å². The largest absolute Gasteiger partial charge is 0.480 e. The fourth-order valence-electron chi connectivity index (χ4n) is 4.61. The number of benzene rings is 1. The highest BCUT2D eigenvalue weighted by molar-refractivity contribution is 6.31. The van der Waals surface area contributed by atoms with Crippen LogP contribution in [0.3, 0.4) is 0 Å². The van der Waals surface area contributed by atoms with Gasteiger partial charge in [-0.3, -0.25) is 4.90 Å². The van der Waals surface area contributed by atoms with E-state index in [2.05, 4.69) is 20.5 Å². The molecule has 1 unspecified atom stereocenters. The fraction of sp³-hybridized carbons (Fsp3) is 0.458. The number of carbonyl (C=O) groups is 2. The third-order valence-electron chi connectivity index (χ3n) is 5.99. The zero-order chi connectivity index (χ0) is 28.2. The molecule has 2 N–H and O–H groups in total. The summed E-state index contributed by atoms with van der Waals surface area (Å²) in [6, 6.07) is 2.54. The minimum absolute atomic E-state index is 0.000257. The number of carbonyl (C=O) groups excluding carboxylic acids is 1. The minimum atomic E-state index is -3.09. The van der Waals surface area contributed by atoms with E-state index in [1.54, 1.807) is 6.92 Å². The number of esters is 1. The molecule has 2 aliphatic rings. The number of nitrogens with one attached hydrogen (secondary N) is 1. The highest BCUT2D eigenvalue weighted by Gasteiger charge is 2.42. The number of carboxylic acid groups (broad SMARTS) is 1. The Hall–Kier alpha value is -3.49. The van der Waals surface area contributed by atoms with Crippen LogP contribution in [0.1, 0.15) is 24.9 Å². The predicted molar refractivity (Wildman–Crippen MR) is 132 cm³/mol. The number of alkyl halides is 2. The van der Waals surface area contributed by atoms with Crippen molar-refractivity contribution in [1.29, 1.82) is 0 Å². The maximum atomic E-state index is 14.7. The lowest BCUT2D eigenvalue weighted by Gasteiger charge is -2.38. The summed E-state index contributed by atoms with van der Waals surface area (Å²) < 4.78 is 53.6. The lowest BCUT2D eigenvalue weighted by atomic mass is 9.93. The first-order valence-corrected chi connectivity index (χ1v) is 12.4. The third kappa shape index (κ3) is 7.13. The molecule has 39 heavy (non-hydrogen) atoms. The highest BCUT2D eigenvalue weighted by Crippen LogP contribution is 2.37. The van der Waals surface area contributed by atoms with Crippen molar-refractivity contribution >= 4 is 29.5 Å². The zero-order valence-electron chi connectivity index (χ0n) is 20.8. The number of nitrogens with zero attached hydrogens (tertiary/aromatic N) is 5. The number of aliphatic carboxylic acids is 1. The SMILES string of the molecule is CCOC(=O)C1=C(CN2CC(COCC(=O)O)CC(F)(F)C2)NC(n2nccn2)=N[C@H]1c1ccc(F)cc1Cl. The quantitative estimate of drug-likeness (QED) is 0.437. The molecule has 210 valence electrons. The van der Waals surface area contributed by atoms with E-state index in [9.17, 15) is 22.8 Å². The smallest absolute Gasteiger partial charge is 0.338 e. The summed E-state index contributed by atoms with van der Waals surface area (Å²) in [7, 11) is 0. The number of piperidine rings is 1. The molecule has 0 spiro atoms. The summed E-state index contributed by atoms with van der Waals surface area (Å²) in [5.41, 5.74) is 0.492. The molecule has 11 nitrogen and oxygen atoms in total. The van der Waals surface area contributed by atoms with Crippen molar-refractivity contribution in [2.24, 2.45) is 10.9 Å². The van der Waals surface area contributed by atoms with Gasteiger partial charge in [-0.2, -0.15) is 10.2 Å². The van der Waals surface area contributed by atoms with Gasteiger partial charge in [0.15, 0.2) is 0 Å². The van der Waals surface area contributed by atoms with Gasteiger partial charge in [-0.05, 0) is 19.1 Å². The molecule has 0 bridgehead atoms. The first-order valence-electron chi connectivity index (χ1n) is 12.0. The van der Waals surface area contributed by atoms with E-state index < -0.39 is 55.2 Å². The van der Waals surface area contributed by atoms with Crippen LogP contribution in [0.25, 0.3) is 0 Å². The van der Waals surface area contributed by atoms with Gasteiger partial charge in [0.1, 0.15) is 18.5 Å². The van der Waals surface area contributed by atoms with Gasteiger partial charge >= 0.3 is 11.9 Å². The number of aliphatic imine (C=N–C) groups is 1. The second-order valence-corrected chi connectivity index (χ2v) is 9.49. The van der Waals surface area contributed by atoms with E-state index >= 15 is 0 Å². The van der Waals surface area contributed by atoms with E-state index in [0.29, 0.717) is 0 Å². The number of ether oxygens (including phenoxy) is 2. The summed E-state index contributed by atoms with van der Waals surface area (Å²) in [5, 5.41) is 19.9. The lowest BCUT2D eigenvalue weighted by molar-refractivity contribution is -0.144. The molecule has 1 fully saturated rings. The molecular weight excluding hydrogens is 545 g/mol. The summed E-state index contributed by atoms with van der Waals surface area (Å²) in [6.07, 6.45) is 2.33.